The van der Waals surface area contributed by atoms with Crippen molar-refractivity contribution in [2.24, 2.45) is 0 Å². The van der Waals surface area contributed by atoms with Crippen molar-refractivity contribution in [3.05, 3.63) is 43.5 Å². The highest BCUT2D eigenvalue weighted by Crippen LogP contribution is 2.37. The second-order valence-corrected chi connectivity index (χ2v) is 27.3. The molecule has 0 unspecified atom stereocenters. The molecule has 256 valence electrons. The lowest BCUT2D eigenvalue weighted by Crippen LogP contribution is -2.13. The average molecular weight is 951 g/mol. The van der Waals surface area contributed by atoms with Crippen molar-refractivity contribution in [2.45, 2.75) is 11.8 Å². The largest absolute Gasteiger partial charge is 0.470 e. The highest BCUT2D eigenvalue weighted by Gasteiger charge is 2.33. The number of ether oxygens (including phenoxy) is 1. The zero-order valence-electron chi connectivity index (χ0n) is 22.8. The van der Waals surface area contributed by atoms with E-state index in [1.54, 1.807) is 47.7 Å². The smallest absolute Gasteiger partial charge is 0.340 e. The van der Waals surface area contributed by atoms with E-state index in [2.05, 4.69) is 55.2 Å². The zero-order chi connectivity index (χ0) is 35.0. The summed E-state index contributed by atoms with van der Waals surface area (Å²) in [5.74, 6) is 0. The zero-order valence-corrected chi connectivity index (χ0v) is 36.7. The summed E-state index contributed by atoms with van der Waals surface area (Å²) in [6.45, 7) is 2.43. The van der Waals surface area contributed by atoms with Gasteiger partial charge in [0.15, 0.2) is 9.09 Å². The maximum absolute atomic E-state index is 11.2. The first-order valence-corrected chi connectivity index (χ1v) is 29.8. The summed E-state index contributed by atoms with van der Waals surface area (Å²) in [7, 11) is 16.1. The molecule has 1 aliphatic heterocycles. The fourth-order valence-electron chi connectivity index (χ4n) is 1.82. The SMILES string of the molecule is CCOc1nc(=O)ss1.CNC(=O)SSC(=O)NC.Nc1nc(=S)ss1.O=C1SS(=O)(=O)c2ccccc21.S=S=S=S=S=S=S=S. The first kappa shape index (κ1) is 46.2. The summed E-state index contributed by atoms with van der Waals surface area (Å²) < 4.78 is 28.0. The molecule has 2 aromatic heterocycles. The van der Waals surface area contributed by atoms with Crippen LogP contribution in [-0.4, -0.2) is 54.7 Å². The summed E-state index contributed by atoms with van der Waals surface area (Å²) in [6, 6.07) is 6.23. The number of aromatic nitrogens is 2. The van der Waals surface area contributed by atoms with E-state index >= 15 is 0 Å². The lowest BCUT2D eigenvalue weighted by Gasteiger charge is -1.95. The Morgan fingerprint density at radius 3 is 1.85 bits per heavy atom. The summed E-state index contributed by atoms with van der Waals surface area (Å²) in [5, 5.41) is 4.94. The van der Waals surface area contributed by atoms with E-state index in [4.69, 9.17) is 10.5 Å². The maximum Gasteiger partial charge on any atom is 0.340 e. The van der Waals surface area contributed by atoms with Gasteiger partial charge in [0.25, 0.3) is 15.7 Å². The van der Waals surface area contributed by atoms with E-state index < -0.39 is 8.87 Å². The second-order valence-electron chi connectivity index (χ2n) is 6.10. The van der Waals surface area contributed by atoms with Gasteiger partial charge in [-0.1, -0.05) is 12.1 Å². The lowest BCUT2D eigenvalue weighted by molar-refractivity contribution is 0.108. The summed E-state index contributed by atoms with van der Waals surface area (Å²) in [4.78, 5) is 49.7. The molecule has 12 nitrogen and oxygen atoms in total. The van der Waals surface area contributed by atoms with Crippen LogP contribution >= 0.6 is 86.0 Å². The molecule has 0 saturated carbocycles. The Morgan fingerprint density at radius 2 is 1.48 bits per heavy atom. The molecule has 3 heterocycles. The normalized spacial score (nSPS) is 11.2. The van der Waals surface area contributed by atoms with Crippen molar-refractivity contribution < 1.29 is 27.5 Å². The number of nitrogens with zero attached hydrogens (tertiary/aromatic N) is 2. The molecule has 46 heavy (non-hydrogen) atoms. The third kappa shape index (κ3) is 22.0. The van der Waals surface area contributed by atoms with Gasteiger partial charge in [-0.25, -0.2) is 8.42 Å². The highest BCUT2D eigenvalue weighted by atomic mass is 33.4. The second kappa shape index (κ2) is 27.9. The number of hydrogen-bond donors (Lipinski definition) is 3. The van der Waals surface area contributed by atoms with Crippen molar-refractivity contribution in [3.63, 3.8) is 0 Å². The molecule has 2 amide bonds. The minimum absolute atomic E-state index is 0.139. The number of nitrogens with one attached hydrogen (secondary N) is 2. The van der Waals surface area contributed by atoms with Crippen molar-refractivity contribution in [1.82, 2.24) is 20.6 Å². The van der Waals surface area contributed by atoms with Crippen LogP contribution < -0.4 is 26.0 Å². The maximum atomic E-state index is 11.2. The number of amides is 2. The fourth-order valence-corrected chi connectivity index (χ4v) is 20.0. The van der Waals surface area contributed by atoms with Crippen LogP contribution in [0.1, 0.15) is 17.3 Å². The fraction of sp³-hybridized carbons (Fsp3) is 0.235. The van der Waals surface area contributed by atoms with E-state index in [9.17, 15) is 27.6 Å². The predicted octanol–water partition coefficient (Wildman–Crippen LogP) is 4.77. The van der Waals surface area contributed by atoms with Crippen LogP contribution in [0.2, 0.25) is 0 Å². The van der Waals surface area contributed by atoms with E-state index in [1.807, 2.05) is 6.92 Å². The summed E-state index contributed by atoms with van der Waals surface area (Å²) in [6.07, 6.45) is 0. The van der Waals surface area contributed by atoms with Crippen molar-refractivity contribution in [3.8, 4) is 5.19 Å². The van der Waals surface area contributed by atoms with Gasteiger partial charge < -0.3 is 21.1 Å². The number of carbonyl (C=O) groups is 3. The van der Waals surface area contributed by atoms with E-state index in [0.29, 0.717) is 37.2 Å². The molecule has 1 aromatic carbocycles. The van der Waals surface area contributed by atoms with Crippen molar-refractivity contribution >= 4 is 191 Å². The van der Waals surface area contributed by atoms with Crippen LogP contribution in [0, 0.1) is 3.95 Å². The molecule has 1 aliphatic rings. The lowest BCUT2D eigenvalue weighted by atomic mass is 10.2. The molecular formula is C17H19N5O7S17. The van der Waals surface area contributed by atoms with Crippen LogP contribution in [0.3, 0.4) is 0 Å². The summed E-state index contributed by atoms with van der Waals surface area (Å²) in [5.41, 5.74) is 5.52. The van der Waals surface area contributed by atoms with Gasteiger partial charge in [0.05, 0.1) is 22.3 Å². The quantitative estimate of drug-likeness (QED) is 0.235. The van der Waals surface area contributed by atoms with Crippen LogP contribution in [0.25, 0.3) is 0 Å². The molecule has 0 aliphatic carbocycles. The highest BCUT2D eigenvalue weighted by molar-refractivity contribution is 8.87. The molecule has 0 saturated heterocycles. The topological polar surface area (TPSA) is 188 Å². The molecule has 29 heteroatoms. The van der Waals surface area contributed by atoms with Gasteiger partial charge in [0.1, 0.15) is 0 Å². The van der Waals surface area contributed by atoms with E-state index in [-0.39, 0.29) is 25.4 Å². The number of anilines is 1. The van der Waals surface area contributed by atoms with Gasteiger partial charge in [0, 0.05) is 117 Å². The Kier molecular flexibility index (Phi) is 28.0. The molecule has 0 fully saturated rings. The number of benzene rings is 1. The van der Waals surface area contributed by atoms with Gasteiger partial charge >= 0.3 is 4.87 Å². The average Bonchev–Trinajstić information content (AvgIpc) is 3.70. The van der Waals surface area contributed by atoms with Crippen LogP contribution in [-0.2, 0) is 84.5 Å². The summed E-state index contributed by atoms with van der Waals surface area (Å²) >= 11 is 13.9. The van der Waals surface area contributed by atoms with Crippen LogP contribution in [0.15, 0.2) is 34.0 Å². The Balaban J connectivity index is 0.000000558. The Labute approximate surface area is 321 Å². The van der Waals surface area contributed by atoms with Crippen LogP contribution in [0.4, 0.5) is 14.7 Å². The standard InChI is InChI=1S/C7H4O3S2.C4H8N2O2S2.C4H5NO2S2.C2H2N2S3.S8/c8-7-5-3-1-2-4-6(5)12(9,10)11-7;1-5-3(7)9-10-4(8)6-2;1-2-7-4-5-3(6)8-9-4;3-1-4-2(5)7-6-1;1-3-5-7-8-6-4-2/h1-4H;1-2H3,(H,5,7)(H,6,8);2H2,1H3;(H2,3,4,5);. The molecule has 0 radical (unpaired) electrons. The first-order chi connectivity index (χ1) is 21.8. The first-order valence-electron chi connectivity index (χ1n) is 10.8. The molecular weight excluding hydrogens is 931 g/mol. The van der Waals surface area contributed by atoms with Crippen LogP contribution in [0.5, 0.6) is 5.19 Å². The molecule has 0 atom stereocenters. The van der Waals surface area contributed by atoms with Crippen molar-refractivity contribution in [1.29, 1.82) is 0 Å². The third-order valence-electron chi connectivity index (χ3n) is 3.34. The number of hydrogen-bond acceptors (Lipinski definition) is 20. The monoisotopic (exact) mass is 949 g/mol. The molecule has 3 aromatic rings. The minimum Gasteiger partial charge on any atom is -0.470 e. The van der Waals surface area contributed by atoms with E-state index in [1.165, 1.54) is 75.0 Å². The van der Waals surface area contributed by atoms with Gasteiger partial charge in [-0.05, 0) is 72.6 Å². The minimum atomic E-state index is -3.39. The van der Waals surface area contributed by atoms with Crippen molar-refractivity contribution in [2.75, 3.05) is 26.4 Å². The van der Waals surface area contributed by atoms with Gasteiger partial charge in [0.2, 0.25) is 14.0 Å². The number of fused-ring (bicyclic) bond motifs is 1. The number of nitrogen functional groups attached to an aromatic ring is 1. The molecule has 0 spiro atoms. The van der Waals surface area contributed by atoms with E-state index in [0.717, 1.165) is 31.9 Å². The Bertz CT molecular complexity index is 1870. The Morgan fingerprint density at radius 1 is 0.913 bits per heavy atom. The molecule has 4 rings (SSSR count). The number of carbonyl (C=O) groups excluding carboxylic acids is 3. The number of nitrogens with two attached hydrogens (primary N) is 1. The Hall–Kier alpha value is 0.170. The van der Waals surface area contributed by atoms with Gasteiger partial charge in [-0.3, -0.25) is 19.2 Å². The molecule has 0 bridgehead atoms. The van der Waals surface area contributed by atoms with Gasteiger partial charge in [-0.15, -0.1) is 0 Å². The number of rotatable bonds is 2. The third-order valence-corrected chi connectivity index (χ3v) is 23.8. The predicted molar refractivity (Wildman–Crippen MR) is 221 cm³/mol. The molecule has 4 N–H and O–H groups in total. The van der Waals surface area contributed by atoms with Gasteiger partial charge in [-0.2, -0.15) is 9.97 Å².